The number of alkyl halides is 3. The van der Waals surface area contributed by atoms with Crippen LogP contribution < -0.4 is 5.73 Å². The molecular formula is C12H14F3NO2. The summed E-state index contributed by atoms with van der Waals surface area (Å²) in [6.07, 6.45) is -4.94. The molecule has 100 valence electrons. The van der Waals surface area contributed by atoms with E-state index in [2.05, 4.69) is 0 Å². The number of carbonyl (C=O) groups is 1. The first-order valence-electron chi connectivity index (χ1n) is 5.37. The summed E-state index contributed by atoms with van der Waals surface area (Å²) in [6.45, 7) is 1.50. The Labute approximate surface area is 102 Å². The molecule has 3 N–H and O–H groups in total. The van der Waals surface area contributed by atoms with Crippen molar-refractivity contribution in [2.75, 3.05) is 0 Å². The first-order valence-corrected chi connectivity index (χ1v) is 5.37. The SMILES string of the molecule is CC(N)C(CC(=O)O)c1ccccc1C(F)(F)F. The zero-order valence-corrected chi connectivity index (χ0v) is 9.74. The van der Waals surface area contributed by atoms with Crippen LogP contribution >= 0.6 is 0 Å². The second kappa shape index (κ2) is 5.39. The van der Waals surface area contributed by atoms with Crippen molar-refractivity contribution in [3.05, 3.63) is 35.4 Å². The molecule has 6 heteroatoms. The predicted molar refractivity (Wildman–Crippen MR) is 60.1 cm³/mol. The van der Waals surface area contributed by atoms with Crippen LogP contribution in [0.1, 0.15) is 30.4 Å². The number of carboxylic acids is 1. The van der Waals surface area contributed by atoms with Gasteiger partial charge in [0.15, 0.2) is 0 Å². The number of aliphatic carboxylic acids is 1. The lowest BCUT2D eigenvalue weighted by atomic mass is 9.86. The zero-order valence-electron chi connectivity index (χ0n) is 9.74. The number of carboxylic acid groups (broad SMARTS) is 1. The lowest BCUT2D eigenvalue weighted by Crippen LogP contribution is -2.28. The van der Waals surface area contributed by atoms with Gasteiger partial charge < -0.3 is 10.8 Å². The number of benzene rings is 1. The lowest BCUT2D eigenvalue weighted by Gasteiger charge is -2.23. The minimum Gasteiger partial charge on any atom is -0.481 e. The molecule has 0 spiro atoms. The summed E-state index contributed by atoms with van der Waals surface area (Å²) in [5.74, 6) is -2.03. The molecule has 1 aromatic rings. The highest BCUT2D eigenvalue weighted by molar-refractivity contribution is 5.68. The molecule has 3 nitrogen and oxygen atoms in total. The molecule has 0 amide bonds. The summed E-state index contributed by atoms with van der Waals surface area (Å²) in [5, 5.41) is 8.75. The number of halogens is 3. The standard InChI is InChI=1S/C12H14F3NO2/c1-7(16)9(6-11(17)18)8-4-2-3-5-10(8)12(13,14)15/h2-5,7,9H,6,16H2,1H3,(H,17,18). The van der Waals surface area contributed by atoms with Crippen molar-refractivity contribution in [3.8, 4) is 0 Å². The number of hydrogen-bond donors (Lipinski definition) is 2. The van der Waals surface area contributed by atoms with Gasteiger partial charge in [0.2, 0.25) is 0 Å². The molecular weight excluding hydrogens is 247 g/mol. The van der Waals surface area contributed by atoms with Gasteiger partial charge in [-0.2, -0.15) is 13.2 Å². The minimum absolute atomic E-state index is 0.0672. The van der Waals surface area contributed by atoms with E-state index >= 15 is 0 Å². The number of hydrogen-bond acceptors (Lipinski definition) is 2. The molecule has 0 aliphatic carbocycles. The molecule has 1 aromatic carbocycles. The van der Waals surface area contributed by atoms with E-state index < -0.39 is 36.1 Å². The highest BCUT2D eigenvalue weighted by Crippen LogP contribution is 2.36. The van der Waals surface area contributed by atoms with E-state index in [9.17, 15) is 18.0 Å². The van der Waals surface area contributed by atoms with Crippen LogP contribution in [0.3, 0.4) is 0 Å². The molecule has 2 atom stereocenters. The van der Waals surface area contributed by atoms with Crippen LogP contribution in [-0.2, 0) is 11.0 Å². The van der Waals surface area contributed by atoms with Gasteiger partial charge in [-0.3, -0.25) is 4.79 Å². The van der Waals surface area contributed by atoms with Crippen LogP contribution in [-0.4, -0.2) is 17.1 Å². The lowest BCUT2D eigenvalue weighted by molar-refractivity contribution is -0.140. The van der Waals surface area contributed by atoms with Crippen molar-refractivity contribution in [3.63, 3.8) is 0 Å². The Bertz CT molecular complexity index is 430. The molecule has 0 heterocycles. The molecule has 0 aliphatic heterocycles. The fourth-order valence-corrected chi connectivity index (χ4v) is 1.85. The van der Waals surface area contributed by atoms with Crippen molar-refractivity contribution in [2.24, 2.45) is 5.73 Å². The maximum absolute atomic E-state index is 12.8. The van der Waals surface area contributed by atoms with Gasteiger partial charge in [0, 0.05) is 12.0 Å². The van der Waals surface area contributed by atoms with Crippen LogP contribution in [0.5, 0.6) is 0 Å². The molecule has 1 rings (SSSR count). The van der Waals surface area contributed by atoms with Crippen molar-refractivity contribution >= 4 is 5.97 Å². The summed E-state index contributed by atoms with van der Waals surface area (Å²) in [7, 11) is 0. The van der Waals surface area contributed by atoms with Crippen molar-refractivity contribution < 1.29 is 23.1 Å². The highest BCUT2D eigenvalue weighted by Gasteiger charge is 2.36. The van der Waals surface area contributed by atoms with E-state index in [4.69, 9.17) is 10.8 Å². The third kappa shape index (κ3) is 3.46. The monoisotopic (exact) mass is 261 g/mol. The van der Waals surface area contributed by atoms with Gasteiger partial charge >= 0.3 is 12.1 Å². The second-order valence-corrected chi connectivity index (χ2v) is 4.15. The van der Waals surface area contributed by atoms with Crippen molar-refractivity contribution in [1.29, 1.82) is 0 Å². The molecule has 0 aromatic heterocycles. The van der Waals surface area contributed by atoms with E-state index in [-0.39, 0.29) is 5.56 Å². The Morgan fingerprint density at radius 2 is 1.94 bits per heavy atom. The Hall–Kier alpha value is -1.56. The summed E-state index contributed by atoms with van der Waals surface area (Å²) in [6, 6.07) is 4.25. The van der Waals surface area contributed by atoms with Gasteiger partial charge in [0.25, 0.3) is 0 Å². The van der Waals surface area contributed by atoms with E-state index in [1.54, 1.807) is 0 Å². The molecule has 18 heavy (non-hydrogen) atoms. The Morgan fingerprint density at radius 3 is 2.39 bits per heavy atom. The smallest absolute Gasteiger partial charge is 0.416 e. The molecule has 0 radical (unpaired) electrons. The third-order valence-corrected chi connectivity index (χ3v) is 2.69. The molecule has 0 saturated heterocycles. The van der Waals surface area contributed by atoms with Gasteiger partial charge in [0.05, 0.1) is 12.0 Å². The molecule has 0 fully saturated rings. The summed E-state index contributed by atoms with van der Waals surface area (Å²) in [4.78, 5) is 10.7. The topological polar surface area (TPSA) is 63.3 Å². The maximum Gasteiger partial charge on any atom is 0.416 e. The van der Waals surface area contributed by atoms with Crippen LogP contribution in [0.25, 0.3) is 0 Å². The summed E-state index contributed by atoms with van der Waals surface area (Å²) >= 11 is 0. The zero-order chi connectivity index (χ0) is 13.9. The Balaban J connectivity index is 3.24. The van der Waals surface area contributed by atoms with Crippen LogP contribution in [0.4, 0.5) is 13.2 Å². The van der Waals surface area contributed by atoms with E-state index in [1.807, 2.05) is 0 Å². The Morgan fingerprint density at radius 1 is 1.39 bits per heavy atom. The van der Waals surface area contributed by atoms with Crippen molar-refractivity contribution in [2.45, 2.75) is 31.5 Å². The van der Waals surface area contributed by atoms with E-state index in [0.717, 1.165) is 6.07 Å². The van der Waals surface area contributed by atoms with Crippen LogP contribution in [0, 0.1) is 0 Å². The molecule has 0 saturated carbocycles. The number of nitrogens with two attached hydrogens (primary N) is 1. The third-order valence-electron chi connectivity index (χ3n) is 2.69. The molecule has 2 unspecified atom stereocenters. The summed E-state index contributed by atoms with van der Waals surface area (Å²) in [5.41, 5.74) is 4.71. The first-order chi connectivity index (χ1) is 8.23. The molecule has 0 aliphatic rings. The minimum atomic E-state index is -4.51. The highest BCUT2D eigenvalue weighted by atomic mass is 19.4. The van der Waals surface area contributed by atoms with E-state index in [0.29, 0.717) is 0 Å². The van der Waals surface area contributed by atoms with Crippen molar-refractivity contribution in [1.82, 2.24) is 0 Å². The predicted octanol–water partition coefficient (Wildman–Crippen LogP) is 2.61. The fraction of sp³-hybridized carbons (Fsp3) is 0.417. The number of rotatable bonds is 4. The van der Waals surface area contributed by atoms with Crippen LogP contribution in [0.15, 0.2) is 24.3 Å². The normalized spacial score (nSPS) is 15.2. The van der Waals surface area contributed by atoms with E-state index in [1.165, 1.54) is 25.1 Å². The Kier molecular flexibility index (Phi) is 4.34. The molecule has 0 bridgehead atoms. The van der Waals surface area contributed by atoms with Crippen LogP contribution in [0.2, 0.25) is 0 Å². The van der Waals surface area contributed by atoms with Gasteiger partial charge in [-0.1, -0.05) is 18.2 Å². The van der Waals surface area contributed by atoms with Gasteiger partial charge in [-0.05, 0) is 18.6 Å². The van der Waals surface area contributed by atoms with Gasteiger partial charge in [0.1, 0.15) is 0 Å². The summed E-state index contributed by atoms with van der Waals surface area (Å²) < 4.78 is 38.5. The first kappa shape index (κ1) is 14.5. The maximum atomic E-state index is 12.8. The van der Waals surface area contributed by atoms with Gasteiger partial charge in [-0.25, -0.2) is 0 Å². The average molecular weight is 261 g/mol. The quantitative estimate of drug-likeness (QED) is 0.875. The largest absolute Gasteiger partial charge is 0.481 e. The van der Waals surface area contributed by atoms with Gasteiger partial charge in [-0.15, -0.1) is 0 Å². The fourth-order valence-electron chi connectivity index (χ4n) is 1.85. The average Bonchev–Trinajstić information content (AvgIpc) is 2.24. The second-order valence-electron chi connectivity index (χ2n) is 4.15.